The molecule has 1 aromatic carbocycles. The highest BCUT2D eigenvalue weighted by Crippen LogP contribution is 2.26. The third kappa shape index (κ3) is 4.36. The molecule has 0 aliphatic carbocycles. The Labute approximate surface area is 175 Å². The van der Waals surface area contributed by atoms with Crippen molar-refractivity contribution in [1.82, 2.24) is 14.7 Å². The molecule has 0 spiro atoms. The average Bonchev–Trinajstić information content (AvgIpc) is 3.00. The van der Waals surface area contributed by atoms with Gasteiger partial charge in [-0.05, 0) is 32.0 Å². The quantitative estimate of drug-likeness (QED) is 0.477. The summed E-state index contributed by atoms with van der Waals surface area (Å²) in [6, 6.07) is 4.38. The van der Waals surface area contributed by atoms with Crippen molar-refractivity contribution in [3.8, 4) is 0 Å². The second-order valence-corrected chi connectivity index (χ2v) is 7.55. The number of piperazine rings is 1. The van der Waals surface area contributed by atoms with Gasteiger partial charge in [-0.15, -0.1) is 0 Å². The zero-order valence-corrected chi connectivity index (χ0v) is 17.6. The van der Waals surface area contributed by atoms with E-state index < -0.39 is 0 Å². The summed E-state index contributed by atoms with van der Waals surface area (Å²) in [6.07, 6.45) is 0. The van der Waals surface area contributed by atoms with Crippen LogP contribution in [0.3, 0.4) is 0 Å². The van der Waals surface area contributed by atoms with Gasteiger partial charge in [-0.25, -0.2) is 0 Å². The molecule has 1 aromatic rings. The van der Waals surface area contributed by atoms with Gasteiger partial charge in [0.15, 0.2) is 0 Å². The molecule has 30 heavy (non-hydrogen) atoms. The van der Waals surface area contributed by atoms with Crippen LogP contribution in [0.2, 0.25) is 0 Å². The number of benzene rings is 1. The lowest BCUT2D eigenvalue weighted by atomic mass is 10.0. The molecule has 0 saturated carbocycles. The van der Waals surface area contributed by atoms with Crippen molar-refractivity contribution >= 4 is 23.6 Å². The topological polar surface area (TPSA) is 96.5 Å². The summed E-state index contributed by atoms with van der Waals surface area (Å²) < 4.78 is 10.1. The maximum atomic E-state index is 12.9. The summed E-state index contributed by atoms with van der Waals surface area (Å²) in [5.74, 6) is -1.04. The highest BCUT2D eigenvalue weighted by Gasteiger charge is 2.38. The van der Waals surface area contributed by atoms with E-state index in [2.05, 4.69) is 0 Å². The molecule has 0 radical (unpaired) electrons. The number of fused-ring (bicyclic) bond motifs is 1. The normalized spacial score (nSPS) is 16.5. The molecule has 2 heterocycles. The average molecular weight is 417 g/mol. The third-order valence-electron chi connectivity index (χ3n) is 5.26. The van der Waals surface area contributed by atoms with Gasteiger partial charge in [-0.3, -0.25) is 24.1 Å². The van der Waals surface area contributed by atoms with Gasteiger partial charge in [-0.1, -0.05) is 0 Å². The van der Waals surface area contributed by atoms with Crippen LogP contribution in [0.1, 0.15) is 44.9 Å². The van der Waals surface area contributed by atoms with Crippen LogP contribution in [0.15, 0.2) is 18.2 Å². The minimum atomic E-state index is -0.372. The summed E-state index contributed by atoms with van der Waals surface area (Å²) in [5, 5.41) is 0. The molecule has 0 atom stereocenters. The number of ether oxygens (including phenoxy) is 2. The van der Waals surface area contributed by atoms with Gasteiger partial charge in [0.2, 0.25) is 5.91 Å². The predicted molar refractivity (Wildman–Crippen MR) is 107 cm³/mol. The van der Waals surface area contributed by atoms with Gasteiger partial charge in [0, 0.05) is 44.9 Å². The van der Waals surface area contributed by atoms with E-state index in [4.69, 9.17) is 9.47 Å². The van der Waals surface area contributed by atoms with Crippen molar-refractivity contribution in [1.29, 1.82) is 0 Å². The Kier molecular flexibility index (Phi) is 6.84. The first-order chi connectivity index (χ1) is 14.3. The Hall–Kier alpha value is -2.78. The highest BCUT2D eigenvalue weighted by molar-refractivity contribution is 6.22. The fraction of sp³-hybridized carbons (Fsp3) is 0.524. The first kappa shape index (κ1) is 21.9. The number of carbonyl (C=O) groups is 4. The van der Waals surface area contributed by atoms with Crippen molar-refractivity contribution < 1.29 is 28.7 Å². The number of amides is 4. The van der Waals surface area contributed by atoms with Crippen molar-refractivity contribution in [3.63, 3.8) is 0 Å². The van der Waals surface area contributed by atoms with Crippen LogP contribution in [0.4, 0.5) is 0 Å². The molecule has 2 aliphatic rings. The zero-order chi connectivity index (χ0) is 21.8. The molecule has 0 unspecified atom stereocenters. The van der Waals surface area contributed by atoms with Gasteiger partial charge < -0.3 is 19.3 Å². The van der Waals surface area contributed by atoms with Crippen molar-refractivity contribution in [2.24, 2.45) is 0 Å². The Morgan fingerprint density at radius 3 is 2.23 bits per heavy atom. The molecule has 0 aromatic heterocycles. The van der Waals surface area contributed by atoms with Crippen LogP contribution in [-0.2, 0) is 14.3 Å². The SMILES string of the molecule is COCCOCC(=O)N1CCN(C(=O)c2ccc3c(c2)C(=O)N(C(C)C)C3=O)CC1. The summed E-state index contributed by atoms with van der Waals surface area (Å²) in [7, 11) is 1.57. The number of imide groups is 1. The van der Waals surface area contributed by atoms with E-state index in [1.165, 1.54) is 11.0 Å². The largest absolute Gasteiger partial charge is 0.382 e. The fourth-order valence-corrected chi connectivity index (χ4v) is 3.60. The Balaban J connectivity index is 1.60. The highest BCUT2D eigenvalue weighted by atomic mass is 16.5. The van der Waals surface area contributed by atoms with Crippen LogP contribution >= 0.6 is 0 Å². The predicted octanol–water partition coefficient (Wildman–Crippen LogP) is 0.638. The lowest BCUT2D eigenvalue weighted by Crippen LogP contribution is -2.51. The van der Waals surface area contributed by atoms with Gasteiger partial charge in [0.1, 0.15) is 6.61 Å². The number of carbonyl (C=O) groups excluding carboxylic acids is 4. The molecule has 9 nitrogen and oxygen atoms in total. The number of hydrogen-bond donors (Lipinski definition) is 0. The molecular formula is C21H27N3O6. The van der Waals surface area contributed by atoms with Gasteiger partial charge in [0.25, 0.3) is 17.7 Å². The second-order valence-electron chi connectivity index (χ2n) is 7.55. The molecular weight excluding hydrogens is 390 g/mol. The summed E-state index contributed by atoms with van der Waals surface area (Å²) >= 11 is 0. The monoisotopic (exact) mass is 417 g/mol. The molecule has 162 valence electrons. The second kappa shape index (κ2) is 9.36. The zero-order valence-electron chi connectivity index (χ0n) is 17.6. The van der Waals surface area contributed by atoms with E-state index in [1.54, 1.807) is 42.9 Å². The van der Waals surface area contributed by atoms with Crippen LogP contribution < -0.4 is 0 Å². The Morgan fingerprint density at radius 1 is 0.967 bits per heavy atom. The van der Waals surface area contributed by atoms with Crippen LogP contribution in [0.25, 0.3) is 0 Å². The van der Waals surface area contributed by atoms with Crippen molar-refractivity contribution in [2.45, 2.75) is 19.9 Å². The molecule has 9 heteroatoms. The van der Waals surface area contributed by atoms with Crippen LogP contribution in [0, 0.1) is 0 Å². The molecule has 1 saturated heterocycles. The van der Waals surface area contributed by atoms with E-state index in [0.29, 0.717) is 50.5 Å². The van der Waals surface area contributed by atoms with Crippen molar-refractivity contribution in [3.05, 3.63) is 34.9 Å². The van der Waals surface area contributed by atoms with E-state index in [1.807, 2.05) is 0 Å². The van der Waals surface area contributed by atoms with E-state index in [-0.39, 0.29) is 41.8 Å². The Morgan fingerprint density at radius 2 is 1.60 bits per heavy atom. The number of methoxy groups -OCH3 is 1. The van der Waals surface area contributed by atoms with E-state index >= 15 is 0 Å². The summed E-state index contributed by atoms with van der Waals surface area (Å²) in [5.41, 5.74) is 0.957. The maximum absolute atomic E-state index is 12.9. The summed E-state index contributed by atoms with van der Waals surface area (Å²) in [6.45, 7) is 5.95. The lowest BCUT2D eigenvalue weighted by molar-refractivity contribution is -0.138. The maximum Gasteiger partial charge on any atom is 0.261 e. The molecule has 2 aliphatic heterocycles. The van der Waals surface area contributed by atoms with E-state index in [0.717, 1.165) is 0 Å². The van der Waals surface area contributed by atoms with Crippen LogP contribution in [-0.4, -0.2) is 97.5 Å². The van der Waals surface area contributed by atoms with Gasteiger partial charge >= 0.3 is 0 Å². The first-order valence-electron chi connectivity index (χ1n) is 10.0. The fourth-order valence-electron chi connectivity index (χ4n) is 3.60. The lowest BCUT2D eigenvalue weighted by Gasteiger charge is -2.34. The minimum absolute atomic E-state index is 0.00931. The first-order valence-corrected chi connectivity index (χ1v) is 10.0. The van der Waals surface area contributed by atoms with Gasteiger partial charge in [-0.2, -0.15) is 0 Å². The molecule has 3 rings (SSSR count). The smallest absolute Gasteiger partial charge is 0.261 e. The number of hydrogen-bond acceptors (Lipinski definition) is 6. The molecule has 4 amide bonds. The Bertz CT molecular complexity index is 845. The third-order valence-corrected chi connectivity index (χ3v) is 5.26. The number of nitrogens with zero attached hydrogens (tertiary/aromatic N) is 3. The molecule has 0 N–H and O–H groups in total. The standard InChI is InChI=1S/C21H27N3O6/c1-14(2)24-20(27)16-5-4-15(12-17(16)21(24)28)19(26)23-8-6-22(7-9-23)18(25)13-30-11-10-29-3/h4-5,12,14H,6-11,13H2,1-3H3. The molecule has 0 bridgehead atoms. The number of rotatable bonds is 7. The summed E-state index contributed by atoms with van der Waals surface area (Å²) in [4.78, 5) is 54.6. The molecule has 1 fully saturated rings. The van der Waals surface area contributed by atoms with Crippen LogP contribution in [0.5, 0.6) is 0 Å². The minimum Gasteiger partial charge on any atom is -0.382 e. The van der Waals surface area contributed by atoms with Crippen molar-refractivity contribution in [2.75, 3.05) is 53.1 Å². The van der Waals surface area contributed by atoms with E-state index in [9.17, 15) is 19.2 Å². The van der Waals surface area contributed by atoms with Gasteiger partial charge in [0.05, 0.1) is 24.3 Å².